The van der Waals surface area contributed by atoms with E-state index in [1.807, 2.05) is 12.1 Å². The summed E-state index contributed by atoms with van der Waals surface area (Å²) in [7, 11) is 0. The third-order valence-electron chi connectivity index (χ3n) is 1.99. The van der Waals surface area contributed by atoms with Gasteiger partial charge in [-0.05, 0) is 18.6 Å². The van der Waals surface area contributed by atoms with Crippen molar-refractivity contribution in [1.29, 1.82) is 0 Å². The first-order valence-electron chi connectivity index (χ1n) is 4.75. The standard InChI is InChI=1S/C11H12N2O/c1-2-3-11-13-10(8-14-11)9-4-6-12-7-5-9/h4-8H,2-3H2,1H3. The van der Waals surface area contributed by atoms with Crippen LogP contribution in [0.5, 0.6) is 0 Å². The molecule has 0 radical (unpaired) electrons. The van der Waals surface area contributed by atoms with Gasteiger partial charge in [-0.15, -0.1) is 0 Å². The molecule has 0 aliphatic heterocycles. The molecule has 0 saturated carbocycles. The number of aryl methyl sites for hydroxylation is 1. The zero-order chi connectivity index (χ0) is 9.80. The first-order chi connectivity index (χ1) is 6.90. The molecule has 0 bridgehead atoms. The van der Waals surface area contributed by atoms with E-state index in [9.17, 15) is 0 Å². The van der Waals surface area contributed by atoms with Gasteiger partial charge in [-0.2, -0.15) is 0 Å². The summed E-state index contributed by atoms with van der Waals surface area (Å²) in [5.74, 6) is 0.805. The fraction of sp³-hybridized carbons (Fsp3) is 0.273. The van der Waals surface area contributed by atoms with E-state index in [4.69, 9.17) is 4.42 Å². The van der Waals surface area contributed by atoms with E-state index < -0.39 is 0 Å². The molecule has 2 aromatic rings. The van der Waals surface area contributed by atoms with Crippen molar-refractivity contribution in [2.24, 2.45) is 0 Å². The zero-order valence-corrected chi connectivity index (χ0v) is 8.10. The second-order valence-electron chi connectivity index (χ2n) is 3.11. The molecule has 14 heavy (non-hydrogen) atoms. The van der Waals surface area contributed by atoms with Crippen LogP contribution >= 0.6 is 0 Å². The average molecular weight is 188 g/mol. The first-order valence-corrected chi connectivity index (χ1v) is 4.75. The Kier molecular flexibility index (Phi) is 2.58. The lowest BCUT2D eigenvalue weighted by Gasteiger charge is -1.91. The lowest BCUT2D eigenvalue weighted by molar-refractivity contribution is 0.491. The van der Waals surface area contributed by atoms with Crippen LogP contribution in [0.3, 0.4) is 0 Å². The Balaban J connectivity index is 2.25. The maximum Gasteiger partial charge on any atom is 0.194 e. The van der Waals surface area contributed by atoms with Crippen molar-refractivity contribution in [2.75, 3.05) is 0 Å². The van der Waals surface area contributed by atoms with Crippen LogP contribution in [0.1, 0.15) is 19.2 Å². The second-order valence-corrected chi connectivity index (χ2v) is 3.11. The number of pyridine rings is 1. The number of oxazole rings is 1. The summed E-state index contributed by atoms with van der Waals surface area (Å²) in [5.41, 5.74) is 1.93. The summed E-state index contributed by atoms with van der Waals surface area (Å²) in [6.07, 6.45) is 7.15. The van der Waals surface area contributed by atoms with Gasteiger partial charge in [0.2, 0.25) is 0 Å². The Morgan fingerprint density at radius 2 is 2.07 bits per heavy atom. The number of nitrogens with zero attached hydrogens (tertiary/aromatic N) is 2. The Bertz CT molecular complexity index is 395. The molecule has 0 fully saturated rings. The van der Waals surface area contributed by atoms with E-state index in [0.29, 0.717) is 0 Å². The molecule has 0 spiro atoms. The molecular formula is C11H12N2O. The van der Waals surface area contributed by atoms with Gasteiger partial charge in [-0.3, -0.25) is 4.98 Å². The van der Waals surface area contributed by atoms with Gasteiger partial charge in [0.1, 0.15) is 12.0 Å². The largest absolute Gasteiger partial charge is 0.448 e. The van der Waals surface area contributed by atoms with Crippen molar-refractivity contribution < 1.29 is 4.42 Å². The van der Waals surface area contributed by atoms with Crippen LogP contribution in [-0.2, 0) is 6.42 Å². The van der Waals surface area contributed by atoms with E-state index in [0.717, 1.165) is 30.0 Å². The molecular weight excluding hydrogens is 176 g/mol. The summed E-state index contributed by atoms with van der Waals surface area (Å²) in [4.78, 5) is 8.33. The zero-order valence-electron chi connectivity index (χ0n) is 8.10. The van der Waals surface area contributed by atoms with Crippen LogP contribution in [0.25, 0.3) is 11.3 Å². The van der Waals surface area contributed by atoms with Gasteiger partial charge in [-0.1, -0.05) is 6.92 Å². The Morgan fingerprint density at radius 3 is 2.79 bits per heavy atom. The number of hydrogen-bond donors (Lipinski definition) is 0. The van der Waals surface area contributed by atoms with Crippen molar-refractivity contribution >= 4 is 0 Å². The summed E-state index contributed by atoms with van der Waals surface area (Å²) in [6.45, 7) is 2.11. The number of aromatic nitrogens is 2. The summed E-state index contributed by atoms with van der Waals surface area (Å²) in [5, 5.41) is 0. The molecule has 0 atom stereocenters. The Labute approximate surface area is 82.8 Å². The maximum absolute atomic E-state index is 5.33. The molecule has 2 aromatic heterocycles. The van der Waals surface area contributed by atoms with Crippen LogP contribution in [0, 0.1) is 0 Å². The summed E-state index contributed by atoms with van der Waals surface area (Å²) in [6, 6.07) is 3.85. The normalized spacial score (nSPS) is 10.4. The van der Waals surface area contributed by atoms with Gasteiger partial charge in [0.15, 0.2) is 5.89 Å². The van der Waals surface area contributed by atoms with Gasteiger partial charge >= 0.3 is 0 Å². The van der Waals surface area contributed by atoms with E-state index in [1.54, 1.807) is 18.7 Å². The third kappa shape index (κ3) is 1.82. The van der Waals surface area contributed by atoms with Gasteiger partial charge in [0, 0.05) is 24.4 Å². The highest BCUT2D eigenvalue weighted by Crippen LogP contribution is 2.17. The molecule has 0 aromatic carbocycles. The molecule has 3 nitrogen and oxygen atoms in total. The van der Waals surface area contributed by atoms with Gasteiger partial charge < -0.3 is 4.42 Å². The van der Waals surface area contributed by atoms with E-state index in [2.05, 4.69) is 16.9 Å². The van der Waals surface area contributed by atoms with Crippen LogP contribution in [0.15, 0.2) is 35.2 Å². The smallest absolute Gasteiger partial charge is 0.194 e. The van der Waals surface area contributed by atoms with E-state index in [-0.39, 0.29) is 0 Å². The average Bonchev–Trinajstić information content (AvgIpc) is 2.68. The molecule has 0 aliphatic rings. The lowest BCUT2D eigenvalue weighted by Crippen LogP contribution is -1.83. The Morgan fingerprint density at radius 1 is 1.29 bits per heavy atom. The minimum absolute atomic E-state index is 0.805. The highest BCUT2D eigenvalue weighted by Gasteiger charge is 2.04. The molecule has 3 heteroatoms. The second kappa shape index (κ2) is 4.05. The molecule has 0 unspecified atom stereocenters. The molecule has 2 heterocycles. The van der Waals surface area contributed by atoms with Gasteiger partial charge in [-0.25, -0.2) is 4.98 Å². The molecule has 72 valence electrons. The van der Waals surface area contributed by atoms with Crippen LogP contribution in [-0.4, -0.2) is 9.97 Å². The molecule has 0 saturated heterocycles. The highest BCUT2D eigenvalue weighted by atomic mass is 16.3. The van der Waals surface area contributed by atoms with Crippen LogP contribution < -0.4 is 0 Å². The monoisotopic (exact) mass is 188 g/mol. The summed E-state index contributed by atoms with van der Waals surface area (Å²) < 4.78 is 5.33. The predicted octanol–water partition coefficient (Wildman–Crippen LogP) is 2.69. The SMILES string of the molecule is CCCc1nc(-c2ccncc2)co1. The fourth-order valence-electron chi connectivity index (χ4n) is 1.29. The molecule has 0 N–H and O–H groups in total. The van der Waals surface area contributed by atoms with E-state index >= 15 is 0 Å². The van der Waals surface area contributed by atoms with Crippen LogP contribution in [0.2, 0.25) is 0 Å². The van der Waals surface area contributed by atoms with Crippen molar-refractivity contribution in [3.05, 3.63) is 36.7 Å². The Hall–Kier alpha value is -1.64. The van der Waals surface area contributed by atoms with Gasteiger partial charge in [0.25, 0.3) is 0 Å². The van der Waals surface area contributed by atoms with Crippen LogP contribution in [0.4, 0.5) is 0 Å². The number of hydrogen-bond acceptors (Lipinski definition) is 3. The predicted molar refractivity (Wildman–Crippen MR) is 53.7 cm³/mol. The highest BCUT2D eigenvalue weighted by molar-refractivity contribution is 5.56. The lowest BCUT2D eigenvalue weighted by atomic mass is 10.2. The molecule has 2 rings (SSSR count). The minimum atomic E-state index is 0.805. The van der Waals surface area contributed by atoms with Crippen molar-refractivity contribution in [3.63, 3.8) is 0 Å². The van der Waals surface area contributed by atoms with E-state index in [1.165, 1.54) is 0 Å². The first kappa shape index (κ1) is 8.94. The number of rotatable bonds is 3. The minimum Gasteiger partial charge on any atom is -0.448 e. The van der Waals surface area contributed by atoms with Gasteiger partial charge in [0.05, 0.1) is 0 Å². The van der Waals surface area contributed by atoms with Crippen molar-refractivity contribution in [1.82, 2.24) is 9.97 Å². The van der Waals surface area contributed by atoms with Crippen molar-refractivity contribution in [3.8, 4) is 11.3 Å². The third-order valence-corrected chi connectivity index (χ3v) is 1.99. The molecule has 0 amide bonds. The maximum atomic E-state index is 5.33. The molecule has 0 aliphatic carbocycles. The topological polar surface area (TPSA) is 38.9 Å². The van der Waals surface area contributed by atoms with Crippen molar-refractivity contribution in [2.45, 2.75) is 19.8 Å². The summed E-state index contributed by atoms with van der Waals surface area (Å²) >= 11 is 0. The fourth-order valence-corrected chi connectivity index (χ4v) is 1.29. The quantitative estimate of drug-likeness (QED) is 0.743.